The van der Waals surface area contributed by atoms with Gasteiger partial charge in [0.2, 0.25) is 5.91 Å². The van der Waals surface area contributed by atoms with Crippen LogP contribution >= 0.6 is 0 Å². The Kier molecular flexibility index (Phi) is 2.17. The number of carboxylic acids is 1. The third-order valence-electron chi connectivity index (χ3n) is 2.42. The van der Waals surface area contributed by atoms with E-state index in [0.29, 0.717) is 16.8 Å². The highest BCUT2D eigenvalue weighted by molar-refractivity contribution is 6.00. The maximum absolute atomic E-state index is 11.1. The van der Waals surface area contributed by atoms with E-state index < -0.39 is 12.0 Å². The van der Waals surface area contributed by atoms with Crippen LogP contribution in [0.1, 0.15) is 17.2 Å². The number of amides is 1. The van der Waals surface area contributed by atoms with E-state index in [0.717, 1.165) is 0 Å². The largest absolute Gasteiger partial charge is 0.480 e. The van der Waals surface area contributed by atoms with Crippen molar-refractivity contribution in [3.8, 4) is 0 Å². The van der Waals surface area contributed by atoms with Gasteiger partial charge in [0.1, 0.15) is 6.04 Å². The Bertz CT molecular complexity index is 442. The first-order valence-corrected chi connectivity index (χ1v) is 4.49. The summed E-state index contributed by atoms with van der Waals surface area (Å²) in [7, 11) is 0. The van der Waals surface area contributed by atoms with Gasteiger partial charge in [-0.1, -0.05) is 12.1 Å². The lowest BCUT2D eigenvalue weighted by molar-refractivity contribution is -0.138. The van der Waals surface area contributed by atoms with Crippen molar-refractivity contribution >= 4 is 17.6 Å². The molecule has 0 saturated heterocycles. The van der Waals surface area contributed by atoms with Crippen molar-refractivity contribution in [1.29, 1.82) is 0 Å². The topological polar surface area (TPSA) is 92.4 Å². The molecule has 0 radical (unpaired) electrons. The lowest BCUT2D eigenvalue weighted by Gasteiger charge is -2.10. The number of anilines is 1. The van der Waals surface area contributed by atoms with Crippen LogP contribution in [0.15, 0.2) is 18.2 Å². The van der Waals surface area contributed by atoms with Gasteiger partial charge in [0.25, 0.3) is 0 Å². The van der Waals surface area contributed by atoms with Gasteiger partial charge in [-0.15, -0.1) is 0 Å². The number of nitrogens with two attached hydrogens (primary N) is 1. The fraction of sp³-hybridized carbons (Fsp3) is 0.200. The molecule has 1 aliphatic heterocycles. The first kappa shape index (κ1) is 9.67. The average Bonchev–Trinajstić information content (AvgIpc) is 2.56. The molecule has 0 spiro atoms. The summed E-state index contributed by atoms with van der Waals surface area (Å²) in [6, 6.07) is 3.98. The van der Waals surface area contributed by atoms with Gasteiger partial charge in [0, 0.05) is 5.69 Å². The number of rotatable bonds is 2. The van der Waals surface area contributed by atoms with Crippen LogP contribution < -0.4 is 11.1 Å². The number of hydrogen-bond acceptors (Lipinski definition) is 3. The van der Waals surface area contributed by atoms with Crippen molar-refractivity contribution in [3.63, 3.8) is 0 Å². The van der Waals surface area contributed by atoms with Gasteiger partial charge in [0.05, 0.1) is 6.42 Å². The van der Waals surface area contributed by atoms with Crippen LogP contribution in [0.25, 0.3) is 0 Å². The molecule has 78 valence electrons. The zero-order valence-electron chi connectivity index (χ0n) is 7.86. The predicted molar refractivity (Wildman–Crippen MR) is 53.3 cm³/mol. The molecule has 0 bridgehead atoms. The molecule has 1 aliphatic rings. The van der Waals surface area contributed by atoms with E-state index in [1.54, 1.807) is 18.2 Å². The number of carboxylic acid groups (broad SMARTS) is 1. The standard InChI is InChI=1S/C10H10N2O3/c11-9(10(14)15)5-2-1-3-7-6(5)4-8(13)12-7/h1-3,9H,4,11H2,(H,12,13)(H,14,15). The van der Waals surface area contributed by atoms with Crippen LogP contribution in [0, 0.1) is 0 Å². The van der Waals surface area contributed by atoms with Gasteiger partial charge in [-0.25, -0.2) is 0 Å². The highest BCUT2D eigenvalue weighted by Gasteiger charge is 2.25. The van der Waals surface area contributed by atoms with Crippen molar-refractivity contribution < 1.29 is 14.7 Å². The number of fused-ring (bicyclic) bond motifs is 1. The van der Waals surface area contributed by atoms with Crippen LogP contribution in [-0.2, 0) is 16.0 Å². The number of carbonyl (C=O) groups is 2. The monoisotopic (exact) mass is 206 g/mol. The Morgan fingerprint density at radius 3 is 2.93 bits per heavy atom. The summed E-state index contributed by atoms with van der Waals surface area (Å²) in [5.41, 5.74) is 7.37. The lowest BCUT2D eigenvalue weighted by Crippen LogP contribution is -2.21. The second kappa shape index (κ2) is 3.36. The molecule has 1 atom stereocenters. The Morgan fingerprint density at radius 1 is 1.53 bits per heavy atom. The van der Waals surface area contributed by atoms with Gasteiger partial charge < -0.3 is 16.2 Å². The number of hydrogen-bond donors (Lipinski definition) is 3. The van der Waals surface area contributed by atoms with Crippen molar-refractivity contribution in [2.24, 2.45) is 5.73 Å². The third-order valence-corrected chi connectivity index (χ3v) is 2.42. The Morgan fingerprint density at radius 2 is 2.27 bits per heavy atom. The molecular weight excluding hydrogens is 196 g/mol. The zero-order valence-corrected chi connectivity index (χ0v) is 7.86. The number of carbonyl (C=O) groups excluding carboxylic acids is 1. The normalized spacial score (nSPS) is 15.7. The minimum absolute atomic E-state index is 0.130. The molecule has 1 heterocycles. The molecule has 5 heteroatoms. The molecule has 0 saturated carbocycles. The van der Waals surface area contributed by atoms with Crippen LogP contribution in [0.2, 0.25) is 0 Å². The molecule has 4 N–H and O–H groups in total. The van der Waals surface area contributed by atoms with Gasteiger partial charge >= 0.3 is 5.97 Å². The lowest BCUT2D eigenvalue weighted by atomic mass is 9.99. The van der Waals surface area contributed by atoms with Crippen LogP contribution in [0.5, 0.6) is 0 Å². The Labute approximate surface area is 85.9 Å². The molecule has 1 amide bonds. The van der Waals surface area contributed by atoms with E-state index in [9.17, 15) is 9.59 Å². The van der Waals surface area contributed by atoms with Crippen molar-refractivity contribution in [1.82, 2.24) is 0 Å². The van der Waals surface area contributed by atoms with Gasteiger partial charge in [-0.3, -0.25) is 9.59 Å². The first-order valence-electron chi connectivity index (χ1n) is 4.49. The van der Waals surface area contributed by atoms with Gasteiger partial charge in [0.15, 0.2) is 0 Å². The van der Waals surface area contributed by atoms with Crippen LogP contribution in [0.3, 0.4) is 0 Å². The minimum atomic E-state index is -1.09. The second-order valence-corrected chi connectivity index (χ2v) is 3.41. The van der Waals surface area contributed by atoms with E-state index in [1.807, 2.05) is 0 Å². The Hall–Kier alpha value is -1.88. The van der Waals surface area contributed by atoms with Gasteiger partial charge in [-0.05, 0) is 17.2 Å². The molecule has 0 aromatic heterocycles. The quantitative estimate of drug-likeness (QED) is 0.647. The van der Waals surface area contributed by atoms with Crippen molar-refractivity contribution in [3.05, 3.63) is 29.3 Å². The molecule has 1 aromatic rings. The average molecular weight is 206 g/mol. The van der Waals surface area contributed by atoms with Crippen LogP contribution in [-0.4, -0.2) is 17.0 Å². The maximum atomic E-state index is 11.1. The molecule has 0 aliphatic carbocycles. The molecule has 15 heavy (non-hydrogen) atoms. The predicted octanol–water partition coefficient (Wildman–Crippen LogP) is 0.266. The zero-order chi connectivity index (χ0) is 11.0. The van der Waals surface area contributed by atoms with Crippen molar-refractivity contribution in [2.75, 3.05) is 5.32 Å². The summed E-state index contributed by atoms with van der Waals surface area (Å²) in [5, 5.41) is 11.4. The number of nitrogens with one attached hydrogen (secondary N) is 1. The third kappa shape index (κ3) is 1.57. The number of benzene rings is 1. The Balaban J connectivity index is 2.47. The van der Waals surface area contributed by atoms with E-state index in [-0.39, 0.29) is 12.3 Å². The first-order chi connectivity index (χ1) is 7.09. The maximum Gasteiger partial charge on any atom is 0.325 e. The molecule has 5 nitrogen and oxygen atoms in total. The van der Waals surface area contributed by atoms with Crippen LogP contribution in [0.4, 0.5) is 5.69 Å². The summed E-state index contributed by atoms with van der Waals surface area (Å²) >= 11 is 0. The summed E-state index contributed by atoms with van der Waals surface area (Å²) in [5.74, 6) is -1.22. The van der Waals surface area contributed by atoms with Gasteiger partial charge in [-0.2, -0.15) is 0 Å². The molecule has 2 rings (SSSR count). The fourth-order valence-corrected chi connectivity index (χ4v) is 1.70. The smallest absolute Gasteiger partial charge is 0.325 e. The van der Waals surface area contributed by atoms with E-state index in [2.05, 4.69) is 5.32 Å². The van der Waals surface area contributed by atoms with E-state index in [4.69, 9.17) is 10.8 Å². The molecule has 0 fully saturated rings. The highest BCUT2D eigenvalue weighted by atomic mass is 16.4. The highest BCUT2D eigenvalue weighted by Crippen LogP contribution is 2.29. The molecule has 1 aromatic carbocycles. The number of aliphatic carboxylic acids is 1. The second-order valence-electron chi connectivity index (χ2n) is 3.41. The van der Waals surface area contributed by atoms with E-state index >= 15 is 0 Å². The summed E-state index contributed by atoms with van der Waals surface area (Å²) in [6.07, 6.45) is 0.201. The fourth-order valence-electron chi connectivity index (χ4n) is 1.70. The molecule has 1 unspecified atom stereocenters. The summed E-state index contributed by atoms with van der Waals surface area (Å²) in [4.78, 5) is 21.9. The summed E-state index contributed by atoms with van der Waals surface area (Å²) < 4.78 is 0. The van der Waals surface area contributed by atoms with Crippen molar-refractivity contribution in [2.45, 2.75) is 12.5 Å². The summed E-state index contributed by atoms with van der Waals surface area (Å²) in [6.45, 7) is 0. The van der Waals surface area contributed by atoms with E-state index in [1.165, 1.54) is 0 Å². The minimum Gasteiger partial charge on any atom is -0.480 e. The molecular formula is C10H10N2O3. The SMILES string of the molecule is NC(C(=O)O)c1cccc2c1CC(=O)N2.